The van der Waals surface area contributed by atoms with Crippen molar-refractivity contribution < 1.29 is 33.4 Å². The van der Waals surface area contributed by atoms with E-state index in [0.717, 1.165) is 11.8 Å². The Balaban J connectivity index is 1.49. The Morgan fingerprint density at radius 3 is 2.60 bits per heavy atom. The third kappa shape index (κ3) is 7.12. The summed E-state index contributed by atoms with van der Waals surface area (Å²) in [7, 11) is 1.54. The van der Waals surface area contributed by atoms with Crippen LogP contribution in [-0.2, 0) is 19.1 Å². The summed E-state index contributed by atoms with van der Waals surface area (Å²) < 4.78 is 10.6. The highest BCUT2D eigenvalue weighted by Gasteiger charge is 2.36. The third-order valence-corrected chi connectivity index (χ3v) is 7.21. The van der Waals surface area contributed by atoms with Gasteiger partial charge in [0.25, 0.3) is 5.91 Å². The molecule has 0 bridgehead atoms. The molecule has 12 heteroatoms. The number of carbonyl (C=O) groups is 5. The van der Waals surface area contributed by atoms with Gasteiger partial charge in [-0.25, -0.2) is 4.79 Å². The predicted octanol–water partition coefficient (Wildman–Crippen LogP) is 2.25. The van der Waals surface area contributed by atoms with Crippen LogP contribution >= 0.6 is 0 Å². The highest BCUT2D eigenvalue weighted by molar-refractivity contribution is 6.01. The summed E-state index contributed by atoms with van der Waals surface area (Å²) in [6.07, 6.45) is 4.24. The summed E-state index contributed by atoms with van der Waals surface area (Å²) in [5.41, 5.74) is 1.18. The number of methoxy groups -OCH3 is 1. The molecule has 0 saturated carbocycles. The van der Waals surface area contributed by atoms with Crippen molar-refractivity contribution in [2.75, 3.05) is 26.8 Å². The topological polar surface area (TPSA) is 160 Å². The number of carbonyl (C=O) groups excluding carboxylic acids is 5. The summed E-state index contributed by atoms with van der Waals surface area (Å²) >= 11 is 0. The Morgan fingerprint density at radius 1 is 1.14 bits per heavy atom. The number of benzene rings is 1. The van der Waals surface area contributed by atoms with Crippen LogP contribution < -0.4 is 15.4 Å². The van der Waals surface area contributed by atoms with Crippen LogP contribution in [0.15, 0.2) is 48.8 Å². The van der Waals surface area contributed by atoms with Crippen molar-refractivity contribution in [1.29, 1.82) is 0 Å². The van der Waals surface area contributed by atoms with Gasteiger partial charge in [0.05, 0.1) is 25.3 Å². The first kappa shape index (κ1) is 30.2. The van der Waals surface area contributed by atoms with Crippen LogP contribution in [-0.4, -0.2) is 83.2 Å². The van der Waals surface area contributed by atoms with Crippen molar-refractivity contribution in [2.45, 2.75) is 45.2 Å². The van der Waals surface area contributed by atoms with Crippen LogP contribution in [0.25, 0.3) is 10.9 Å². The number of aromatic nitrogens is 2. The molecule has 1 aromatic carbocycles. The van der Waals surface area contributed by atoms with Crippen LogP contribution in [0.1, 0.15) is 54.0 Å². The zero-order valence-electron chi connectivity index (χ0n) is 23.8. The monoisotopic (exact) mass is 577 g/mol. The number of amides is 3. The summed E-state index contributed by atoms with van der Waals surface area (Å²) in [5, 5.41) is 6.16. The second-order valence-corrected chi connectivity index (χ2v) is 10.3. The van der Waals surface area contributed by atoms with E-state index in [9.17, 15) is 24.0 Å². The van der Waals surface area contributed by atoms with Gasteiger partial charge in [0, 0.05) is 41.8 Å². The number of ether oxygens (including phenoxy) is 2. The fourth-order valence-electron chi connectivity index (χ4n) is 5.13. The van der Waals surface area contributed by atoms with Gasteiger partial charge in [-0.05, 0) is 63.4 Å². The Bertz CT molecular complexity index is 1450. The summed E-state index contributed by atoms with van der Waals surface area (Å²) in [4.78, 5) is 73.3. The van der Waals surface area contributed by atoms with E-state index >= 15 is 0 Å². The van der Waals surface area contributed by atoms with E-state index in [1.807, 2.05) is 0 Å². The number of pyridine rings is 1. The zero-order chi connectivity index (χ0) is 30.2. The normalized spacial score (nSPS) is 15.5. The van der Waals surface area contributed by atoms with Crippen molar-refractivity contribution in [1.82, 2.24) is 25.5 Å². The fraction of sp³-hybridized carbons (Fsp3) is 0.400. The van der Waals surface area contributed by atoms with Gasteiger partial charge >= 0.3 is 5.97 Å². The summed E-state index contributed by atoms with van der Waals surface area (Å²) in [5.74, 6) is -2.33. The molecule has 3 aromatic rings. The van der Waals surface area contributed by atoms with Gasteiger partial charge in [-0.2, -0.15) is 0 Å². The van der Waals surface area contributed by atoms with Gasteiger partial charge in [-0.15, -0.1) is 0 Å². The maximum Gasteiger partial charge on any atom is 0.338 e. The molecule has 3 amide bonds. The molecule has 0 aliphatic carbocycles. The average molecular weight is 578 g/mol. The highest BCUT2D eigenvalue weighted by Crippen LogP contribution is 2.26. The van der Waals surface area contributed by atoms with E-state index in [4.69, 9.17) is 9.47 Å². The Hall–Kier alpha value is -4.74. The quantitative estimate of drug-likeness (QED) is 0.276. The number of nitrogens with one attached hydrogen (secondary N) is 3. The fourth-order valence-corrected chi connectivity index (χ4v) is 5.13. The maximum absolute atomic E-state index is 13.5. The number of H-pyrrole nitrogens is 1. The second kappa shape index (κ2) is 13.7. The van der Waals surface area contributed by atoms with Gasteiger partial charge in [-0.1, -0.05) is 6.07 Å². The molecule has 3 N–H and O–H groups in total. The lowest BCUT2D eigenvalue weighted by Gasteiger charge is -2.36. The SMILES string of the molecule is COc1cccc2[nH]c(C(=O)NCC(=O)N(C(C)C)C(C[C@@H]3CCCNC3=O)C(=O)COC(=O)c3ccncc3)cc12. The third-order valence-electron chi connectivity index (χ3n) is 7.21. The van der Waals surface area contributed by atoms with Crippen molar-refractivity contribution in [2.24, 2.45) is 5.92 Å². The molecule has 1 aliphatic heterocycles. The largest absolute Gasteiger partial charge is 0.496 e. The molecule has 12 nitrogen and oxygen atoms in total. The number of rotatable bonds is 12. The highest BCUT2D eigenvalue weighted by atomic mass is 16.5. The van der Waals surface area contributed by atoms with Gasteiger partial charge in [0.15, 0.2) is 12.4 Å². The van der Waals surface area contributed by atoms with Crippen LogP contribution in [0.3, 0.4) is 0 Å². The molecule has 0 radical (unpaired) electrons. The van der Waals surface area contributed by atoms with Crippen molar-refractivity contribution >= 4 is 40.4 Å². The standard InChI is InChI=1S/C30H35N5O7/c1-18(2)35(27(37)16-33-29(39)23-15-21-22(34-23)7-4-8-26(21)41-3)24(14-20-6-5-11-32-28(20)38)25(36)17-42-30(40)19-9-12-31-13-10-19/h4,7-10,12-13,15,18,20,24,34H,5-6,11,14,16-17H2,1-3H3,(H,32,38)(H,33,39)/t20-,24?/m0/s1. The van der Waals surface area contributed by atoms with E-state index in [1.165, 1.54) is 36.5 Å². The van der Waals surface area contributed by atoms with Gasteiger partial charge < -0.3 is 30.0 Å². The molecular weight excluding hydrogens is 542 g/mol. The Kier molecular flexibility index (Phi) is 9.89. The zero-order valence-corrected chi connectivity index (χ0v) is 23.8. The van der Waals surface area contributed by atoms with Crippen LogP contribution in [0.2, 0.25) is 0 Å². The minimum atomic E-state index is -1.05. The number of fused-ring (bicyclic) bond motifs is 1. The number of esters is 1. The molecule has 1 fully saturated rings. The lowest BCUT2D eigenvalue weighted by atomic mass is 9.89. The van der Waals surface area contributed by atoms with Crippen molar-refractivity contribution in [3.8, 4) is 5.75 Å². The number of hydrogen-bond acceptors (Lipinski definition) is 8. The smallest absolute Gasteiger partial charge is 0.338 e. The van der Waals surface area contributed by atoms with Gasteiger partial charge in [0.1, 0.15) is 11.4 Å². The average Bonchev–Trinajstić information content (AvgIpc) is 3.44. The molecule has 1 aliphatic rings. The first-order chi connectivity index (χ1) is 20.2. The molecular formula is C30H35N5O7. The second-order valence-electron chi connectivity index (χ2n) is 10.3. The molecule has 1 unspecified atom stereocenters. The lowest BCUT2D eigenvalue weighted by molar-refractivity contribution is -0.144. The Labute approximate surface area is 243 Å². The van der Waals surface area contributed by atoms with Crippen molar-refractivity contribution in [3.05, 3.63) is 60.0 Å². The minimum Gasteiger partial charge on any atom is -0.496 e. The van der Waals surface area contributed by atoms with Gasteiger partial charge in [0.2, 0.25) is 11.8 Å². The van der Waals surface area contributed by atoms with Crippen molar-refractivity contribution in [3.63, 3.8) is 0 Å². The summed E-state index contributed by atoms with van der Waals surface area (Å²) in [6, 6.07) is 8.44. The number of aromatic amines is 1. The number of hydrogen-bond donors (Lipinski definition) is 3. The number of piperidine rings is 1. The number of Topliss-reactive ketones (excluding diaryl/α,β-unsaturated/α-hetero) is 1. The van der Waals surface area contributed by atoms with E-state index in [2.05, 4.69) is 20.6 Å². The predicted molar refractivity (Wildman–Crippen MR) is 153 cm³/mol. The van der Waals surface area contributed by atoms with E-state index < -0.39 is 48.2 Å². The molecule has 4 rings (SSSR count). The molecule has 42 heavy (non-hydrogen) atoms. The lowest BCUT2D eigenvalue weighted by Crippen LogP contribution is -2.54. The van der Waals surface area contributed by atoms with E-state index in [0.29, 0.717) is 24.2 Å². The van der Waals surface area contributed by atoms with Crippen LogP contribution in [0.5, 0.6) is 5.75 Å². The van der Waals surface area contributed by atoms with Crippen LogP contribution in [0.4, 0.5) is 0 Å². The first-order valence-electron chi connectivity index (χ1n) is 13.8. The maximum atomic E-state index is 13.5. The Morgan fingerprint density at radius 2 is 1.90 bits per heavy atom. The molecule has 1 saturated heterocycles. The van der Waals surface area contributed by atoms with Crippen LogP contribution in [0, 0.1) is 5.92 Å². The van der Waals surface area contributed by atoms with E-state index in [1.54, 1.807) is 38.1 Å². The van der Waals surface area contributed by atoms with E-state index in [-0.39, 0.29) is 30.1 Å². The van der Waals surface area contributed by atoms with Gasteiger partial charge in [-0.3, -0.25) is 24.2 Å². The molecule has 2 aromatic heterocycles. The number of nitrogens with zero attached hydrogens (tertiary/aromatic N) is 2. The first-order valence-corrected chi connectivity index (χ1v) is 13.8. The molecule has 3 heterocycles. The molecule has 2 atom stereocenters. The molecule has 222 valence electrons. The minimum absolute atomic E-state index is 0.0666. The number of ketones is 1. The summed E-state index contributed by atoms with van der Waals surface area (Å²) in [6.45, 7) is 3.07. The molecule has 0 spiro atoms.